The van der Waals surface area contributed by atoms with Crippen LogP contribution in [-0.2, 0) is 23.8 Å². The highest BCUT2D eigenvalue weighted by Crippen LogP contribution is 2.36. The lowest BCUT2D eigenvalue weighted by Gasteiger charge is -2.15. The third-order valence-corrected chi connectivity index (χ3v) is 4.68. The molecule has 0 aromatic heterocycles. The van der Waals surface area contributed by atoms with Crippen LogP contribution in [0.5, 0.6) is 0 Å². The molecule has 0 atom stereocenters. The summed E-state index contributed by atoms with van der Waals surface area (Å²) >= 11 is 0. The van der Waals surface area contributed by atoms with E-state index in [0.29, 0.717) is 0 Å². The number of carbonyl (C=O) groups is 2. The molecule has 3 rings (SSSR count). The molecular weight excluding hydrogens is 410 g/mol. The molecule has 3 aromatic rings. The second-order valence-corrected chi connectivity index (χ2v) is 7.19. The number of nitrogens with one attached hydrogen (secondary N) is 1. The van der Waals surface area contributed by atoms with E-state index in [0.717, 1.165) is 29.3 Å². The van der Waals surface area contributed by atoms with E-state index >= 15 is 0 Å². The maximum atomic E-state index is 13.8. The van der Waals surface area contributed by atoms with Gasteiger partial charge in [0.05, 0.1) is 16.8 Å². The van der Waals surface area contributed by atoms with E-state index < -0.39 is 29.2 Å². The zero-order valence-corrected chi connectivity index (χ0v) is 16.6. The summed E-state index contributed by atoms with van der Waals surface area (Å²) in [5.74, 6) is -2.07. The van der Waals surface area contributed by atoms with E-state index in [-0.39, 0.29) is 29.8 Å². The Morgan fingerprint density at radius 3 is 2.13 bits per heavy atom. The number of Topliss-reactive ketones (excluding diaryl/α,β-unsaturated/α-hetero) is 1. The van der Waals surface area contributed by atoms with Crippen molar-refractivity contribution in [3.8, 4) is 0 Å². The van der Waals surface area contributed by atoms with E-state index in [9.17, 15) is 27.2 Å². The molecule has 160 valence electrons. The Labute approximate surface area is 176 Å². The number of benzene rings is 3. The molecule has 0 aliphatic carbocycles. The normalized spacial score (nSPS) is 11.3. The number of ketones is 1. The zero-order valence-electron chi connectivity index (χ0n) is 16.6. The minimum atomic E-state index is -4.77. The van der Waals surface area contributed by atoms with E-state index in [2.05, 4.69) is 5.32 Å². The van der Waals surface area contributed by atoms with Gasteiger partial charge in [0.25, 0.3) is 5.91 Å². The molecular formula is C24H19F4NO2. The summed E-state index contributed by atoms with van der Waals surface area (Å²) in [7, 11) is 0. The number of hydrogen-bond donors (Lipinski definition) is 1. The lowest BCUT2D eigenvalue weighted by Crippen LogP contribution is -2.18. The van der Waals surface area contributed by atoms with Crippen LogP contribution < -0.4 is 5.32 Å². The lowest BCUT2D eigenvalue weighted by molar-refractivity contribution is -0.137. The number of anilines is 1. The third kappa shape index (κ3) is 5.78. The summed E-state index contributed by atoms with van der Waals surface area (Å²) in [6.07, 6.45) is -4.85. The molecule has 3 nitrogen and oxygen atoms in total. The van der Waals surface area contributed by atoms with Crippen LogP contribution in [0.4, 0.5) is 23.2 Å². The molecule has 0 unspecified atom stereocenters. The van der Waals surface area contributed by atoms with Crippen LogP contribution in [0.2, 0.25) is 0 Å². The second kappa shape index (κ2) is 9.12. The highest BCUT2D eigenvalue weighted by Gasteiger charge is 2.34. The summed E-state index contributed by atoms with van der Waals surface area (Å²) < 4.78 is 54.5. The SMILES string of the molecule is Cc1ccc(CC(=O)Cc2ccc(NC(=O)c3ccccc3F)c(C(F)(F)F)c2)cc1. The van der Waals surface area contributed by atoms with Crippen molar-refractivity contribution in [1.82, 2.24) is 0 Å². The molecule has 7 heteroatoms. The summed E-state index contributed by atoms with van der Waals surface area (Å²) in [5, 5.41) is 2.12. The molecule has 0 saturated carbocycles. The van der Waals surface area contributed by atoms with Gasteiger partial charge >= 0.3 is 6.18 Å². The van der Waals surface area contributed by atoms with Crippen LogP contribution >= 0.6 is 0 Å². The van der Waals surface area contributed by atoms with E-state index in [1.54, 1.807) is 12.1 Å². The molecule has 0 spiro atoms. The standard InChI is InChI=1S/C24H19F4NO2/c1-15-6-8-16(9-7-15)12-18(30)13-17-10-11-22(20(14-17)24(26,27)28)29-23(31)19-4-2-3-5-21(19)25/h2-11,14H,12-13H2,1H3,(H,29,31). The topological polar surface area (TPSA) is 46.2 Å². The van der Waals surface area contributed by atoms with Crippen molar-refractivity contribution >= 4 is 17.4 Å². The van der Waals surface area contributed by atoms with Crippen LogP contribution in [0.3, 0.4) is 0 Å². The minimum Gasteiger partial charge on any atom is -0.321 e. The maximum Gasteiger partial charge on any atom is 0.418 e. The van der Waals surface area contributed by atoms with Gasteiger partial charge < -0.3 is 5.32 Å². The van der Waals surface area contributed by atoms with Crippen molar-refractivity contribution < 1.29 is 27.2 Å². The Bertz CT molecular complexity index is 1110. The number of carbonyl (C=O) groups excluding carboxylic acids is 2. The summed E-state index contributed by atoms with van der Waals surface area (Å²) in [4.78, 5) is 24.6. The van der Waals surface area contributed by atoms with E-state index in [4.69, 9.17) is 0 Å². The number of rotatable bonds is 6. The Morgan fingerprint density at radius 2 is 1.48 bits per heavy atom. The molecule has 3 aromatic carbocycles. The van der Waals surface area contributed by atoms with Gasteiger partial charge in [-0.25, -0.2) is 4.39 Å². The minimum absolute atomic E-state index is 0.105. The molecule has 31 heavy (non-hydrogen) atoms. The van der Waals surface area contributed by atoms with Crippen LogP contribution in [-0.4, -0.2) is 11.7 Å². The molecule has 1 amide bonds. The monoisotopic (exact) mass is 429 g/mol. The summed E-state index contributed by atoms with van der Waals surface area (Å²) in [6.45, 7) is 1.91. The smallest absolute Gasteiger partial charge is 0.321 e. The highest BCUT2D eigenvalue weighted by atomic mass is 19.4. The van der Waals surface area contributed by atoms with Crippen molar-refractivity contribution in [2.24, 2.45) is 0 Å². The van der Waals surface area contributed by atoms with Crippen molar-refractivity contribution in [3.05, 3.63) is 100 Å². The Morgan fingerprint density at radius 1 is 0.871 bits per heavy atom. The molecule has 0 aliphatic heterocycles. The van der Waals surface area contributed by atoms with Gasteiger partial charge in [-0.1, -0.05) is 48.0 Å². The third-order valence-electron chi connectivity index (χ3n) is 4.68. The fraction of sp³-hybridized carbons (Fsp3) is 0.167. The second-order valence-electron chi connectivity index (χ2n) is 7.19. The van der Waals surface area contributed by atoms with Gasteiger partial charge in [-0.05, 0) is 42.3 Å². The first kappa shape index (κ1) is 22.2. The molecule has 0 heterocycles. The van der Waals surface area contributed by atoms with Crippen molar-refractivity contribution in [2.45, 2.75) is 25.9 Å². The average molecular weight is 429 g/mol. The van der Waals surface area contributed by atoms with Crippen LogP contribution in [0, 0.1) is 12.7 Å². The molecule has 0 bridgehead atoms. The number of aryl methyl sites for hydroxylation is 1. The number of hydrogen-bond acceptors (Lipinski definition) is 2. The Kier molecular flexibility index (Phi) is 6.53. The Hall–Kier alpha value is -3.48. The van der Waals surface area contributed by atoms with Crippen LogP contribution in [0.25, 0.3) is 0 Å². The predicted molar refractivity (Wildman–Crippen MR) is 109 cm³/mol. The average Bonchev–Trinajstić information content (AvgIpc) is 2.70. The largest absolute Gasteiger partial charge is 0.418 e. The fourth-order valence-electron chi connectivity index (χ4n) is 3.10. The van der Waals surface area contributed by atoms with Crippen molar-refractivity contribution in [2.75, 3.05) is 5.32 Å². The van der Waals surface area contributed by atoms with Gasteiger partial charge in [-0.15, -0.1) is 0 Å². The molecule has 0 fully saturated rings. The number of amides is 1. The van der Waals surface area contributed by atoms with Crippen LogP contribution in [0.15, 0.2) is 66.7 Å². The fourth-order valence-corrected chi connectivity index (χ4v) is 3.10. The van der Waals surface area contributed by atoms with E-state index in [1.165, 1.54) is 24.3 Å². The van der Waals surface area contributed by atoms with Gasteiger partial charge in [0.1, 0.15) is 11.6 Å². The predicted octanol–water partition coefficient (Wildman–Crippen LogP) is 5.76. The first-order chi connectivity index (χ1) is 14.6. The summed E-state index contributed by atoms with van der Waals surface area (Å²) in [5.41, 5.74) is 0.0223. The van der Waals surface area contributed by atoms with Gasteiger partial charge in [-0.2, -0.15) is 13.2 Å². The van der Waals surface area contributed by atoms with Crippen LogP contribution in [0.1, 0.15) is 32.6 Å². The van der Waals surface area contributed by atoms with Crippen molar-refractivity contribution in [1.29, 1.82) is 0 Å². The number of halogens is 4. The van der Waals surface area contributed by atoms with Crippen molar-refractivity contribution in [3.63, 3.8) is 0 Å². The number of alkyl halides is 3. The molecule has 0 aliphatic rings. The van der Waals surface area contributed by atoms with Gasteiger partial charge in [0, 0.05) is 12.8 Å². The highest BCUT2D eigenvalue weighted by molar-refractivity contribution is 6.05. The van der Waals surface area contributed by atoms with E-state index in [1.807, 2.05) is 19.1 Å². The lowest BCUT2D eigenvalue weighted by atomic mass is 9.99. The summed E-state index contributed by atoms with van der Waals surface area (Å²) in [6, 6.07) is 15.6. The molecule has 0 saturated heterocycles. The first-order valence-corrected chi connectivity index (χ1v) is 9.47. The first-order valence-electron chi connectivity index (χ1n) is 9.47. The van der Waals surface area contributed by atoms with Gasteiger partial charge in [0.15, 0.2) is 0 Å². The zero-order chi connectivity index (χ0) is 22.6. The maximum absolute atomic E-state index is 13.8. The Balaban J connectivity index is 1.80. The quantitative estimate of drug-likeness (QED) is 0.507. The van der Waals surface area contributed by atoms with Gasteiger partial charge in [0.2, 0.25) is 0 Å². The van der Waals surface area contributed by atoms with Gasteiger partial charge in [-0.3, -0.25) is 9.59 Å². The molecule has 1 N–H and O–H groups in total. The molecule has 0 radical (unpaired) electrons.